The van der Waals surface area contributed by atoms with Gasteiger partial charge in [-0.1, -0.05) is 35.9 Å². The fourth-order valence-corrected chi connectivity index (χ4v) is 3.32. The van der Waals surface area contributed by atoms with E-state index < -0.39 is 30.7 Å². The van der Waals surface area contributed by atoms with Crippen molar-refractivity contribution in [3.63, 3.8) is 0 Å². The van der Waals surface area contributed by atoms with Gasteiger partial charge in [0.05, 0.1) is 6.61 Å². The van der Waals surface area contributed by atoms with E-state index in [1.807, 2.05) is 31.2 Å². The molecule has 6 nitrogen and oxygen atoms in total. The summed E-state index contributed by atoms with van der Waals surface area (Å²) in [6.45, 7) is 2.52. The van der Waals surface area contributed by atoms with E-state index in [1.165, 1.54) is 0 Å². The third-order valence-electron chi connectivity index (χ3n) is 4.62. The minimum atomic E-state index is -1.58. The van der Waals surface area contributed by atoms with Crippen molar-refractivity contribution >= 4 is 11.6 Å². The average molecular weight is 395 g/mol. The van der Waals surface area contributed by atoms with Crippen LogP contribution in [0.1, 0.15) is 29.7 Å². The van der Waals surface area contributed by atoms with Gasteiger partial charge in [-0.3, -0.25) is 0 Å². The van der Waals surface area contributed by atoms with Crippen LogP contribution in [0.2, 0.25) is 5.02 Å². The number of aliphatic hydroxyl groups is 4. The zero-order valence-corrected chi connectivity index (χ0v) is 15.6. The van der Waals surface area contributed by atoms with Gasteiger partial charge in [-0.05, 0) is 48.2 Å². The molecule has 0 spiro atoms. The second-order valence-electron chi connectivity index (χ2n) is 6.52. The van der Waals surface area contributed by atoms with Gasteiger partial charge in [-0.2, -0.15) is 0 Å². The molecule has 1 heterocycles. The molecule has 0 aliphatic carbocycles. The van der Waals surface area contributed by atoms with Gasteiger partial charge in [0.1, 0.15) is 30.2 Å². The number of rotatable bonds is 5. The Kier molecular flexibility index (Phi) is 6.37. The van der Waals surface area contributed by atoms with Gasteiger partial charge in [0.15, 0.2) is 6.29 Å². The van der Waals surface area contributed by atoms with E-state index in [-0.39, 0.29) is 0 Å². The van der Waals surface area contributed by atoms with Crippen LogP contribution in [-0.4, -0.2) is 51.6 Å². The molecule has 0 aromatic heterocycles. The number of aliphatic hydroxyl groups excluding tert-OH is 4. The first kappa shape index (κ1) is 20.1. The topological polar surface area (TPSA) is 99.4 Å². The molecule has 1 aliphatic rings. The molecule has 0 saturated carbocycles. The molecule has 1 saturated heterocycles. The highest BCUT2D eigenvalue weighted by atomic mass is 35.5. The van der Waals surface area contributed by atoms with Crippen LogP contribution in [0.25, 0.3) is 0 Å². The maximum atomic E-state index is 10.2. The summed E-state index contributed by atoms with van der Waals surface area (Å²) >= 11 is 6.32. The molecule has 1 aliphatic heterocycles. The Hall–Kier alpha value is -1.67. The van der Waals surface area contributed by atoms with Crippen molar-refractivity contribution in [2.45, 2.75) is 44.1 Å². The Bertz CT molecular complexity index is 766. The van der Waals surface area contributed by atoms with Crippen molar-refractivity contribution in [1.82, 2.24) is 0 Å². The molecule has 1 fully saturated rings. The number of ether oxygens (including phenoxy) is 2. The average Bonchev–Trinajstić information content (AvgIpc) is 2.66. The maximum Gasteiger partial charge on any atom is 0.184 e. The van der Waals surface area contributed by atoms with Gasteiger partial charge >= 0.3 is 0 Å². The van der Waals surface area contributed by atoms with E-state index in [0.717, 1.165) is 16.9 Å². The molecule has 4 N–H and O–H groups in total. The Morgan fingerprint density at radius 3 is 2.33 bits per heavy atom. The van der Waals surface area contributed by atoms with Crippen LogP contribution in [0.4, 0.5) is 0 Å². The lowest BCUT2D eigenvalue weighted by molar-refractivity contribution is -0.284. The Morgan fingerprint density at radius 2 is 1.67 bits per heavy atom. The number of hydrogen-bond acceptors (Lipinski definition) is 6. The standard InChI is InChI=1S/C20H23ClO6/c1-2-26-14-6-3-11(4-7-14)9-13-10-12(5-8-15(13)21)19-17(23)16(22)18(24)20(25)27-19/h3-8,10,16-20,22-25H,2,9H2,1H3/t16-,17-,18+,19+,20?/m1/s1. The highest BCUT2D eigenvalue weighted by Crippen LogP contribution is 2.34. The molecular weight excluding hydrogens is 372 g/mol. The highest BCUT2D eigenvalue weighted by molar-refractivity contribution is 6.31. The normalized spacial score (nSPS) is 28.1. The summed E-state index contributed by atoms with van der Waals surface area (Å²) in [4.78, 5) is 0. The summed E-state index contributed by atoms with van der Waals surface area (Å²) in [6.07, 6.45) is -6.46. The van der Waals surface area contributed by atoms with Crippen molar-refractivity contribution in [2.75, 3.05) is 6.61 Å². The van der Waals surface area contributed by atoms with E-state index in [1.54, 1.807) is 18.2 Å². The van der Waals surface area contributed by atoms with E-state index >= 15 is 0 Å². The fourth-order valence-electron chi connectivity index (χ4n) is 3.13. The van der Waals surface area contributed by atoms with Crippen LogP contribution in [0.15, 0.2) is 42.5 Å². The molecule has 2 aromatic carbocycles. The van der Waals surface area contributed by atoms with Gasteiger partial charge in [0.25, 0.3) is 0 Å². The van der Waals surface area contributed by atoms with E-state index in [0.29, 0.717) is 23.6 Å². The molecule has 5 atom stereocenters. The largest absolute Gasteiger partial charge is 0.494 e. The summed E-state index contributed by atoms with van der Waals surface area (Å²) < 4.78 is 10.7. The van der Waals surface area contributed by atoms with Crippen molar-refractivity contribution in [3.05, 3.63) is 64.2 Å². The van der Waals surface area contributed by atoms with Crippen molar-refractivity contribution in [2.24, 2.45) is 0 Å². The Balaban J connectivity index is 1.82. The van der Waals surface area contributed by atoms with Crippen LogP contribution in [0, 0.1) is 0 Å². The molecule has 3 rings (SSSR count). The van der Waals surface area contributed by atoms with Crippen molar-refractivity contribution in [3.8, 4) is 5.75 Å². The van der Waals surface area contributed by atoms with E-state index in [4.69, 9.17) is 21.1 Å². The third-order valence-corrected chi connectivity index (χ3v) is 4.98. The van der Waals surface area contributed by atoms with Gasteiger partial charge in [0, 0.05) is 5.02 Å². The van der Waals surface area contributed by atoms with Crippen LogP contribution in [0.3, 0.4) is 0 Å². The minimum absolute atomic E-state index is 0.551. The quantitative estimate of drug-likeness (QED) is 0.617. The van der Waals surface area contributed by atoms with Gasteiger partial charge in [-0.25, -0.2) is 0 Å². The van der Waals surface area contributed by atoms with Gasteiger partial charge in [-0.15, -0.1) is 0 Å². The fraction of sp³-hybridized carbons (Fsp3) is 0.400. The number of hydrogen-bond donors (Lipinski definition) is 4. The molecule has 0 bridgehead atoms. The van der Waals surface area contributed by atoms with Crippen LogP contribution < -0.4 is 4.74 Å². The smallest absolute Gasteiger partial charge is 0.184 e. The monoisotopic (exact) mass is 394 g/mol. The lowest BCUT2D eigenvalue weighted by Gasteiger charge is -2.38. The molecular formula is C20H23ClO6. The molecule has 146 valence electrons. The first-order chi connectivity index (χ1) is 12.9. The van der Waals surface area contributed by atoms with Gasteiger partial charge < -0.3 is 29.9 Å². The van der Waals surface area contributed by atoms with Crippen molar-refractivity contribution < 1.29 is 29.9 Å². The molecule has 7 heteroatoms. The second kappa shape index (κ2) is 8.56. The molecule has 2 aromatic rings. The summed E-state index contributed by atoms with van der Waals surface area (Å²) in [5, 5.41) is 40.0. The summed E-state index contributed by atoms with van der Waals surface area (Å²) in [6, 6.07) is 12.8. The van der Waals surface area contributed by atoms with Gasteiger partial charge in [0.2, 0.25) is 0 Å². The maximum absolute atomic E-state index is 10.2. The lowest BCUT2D eigenvalue weighted by atomic mass is 9.92. The Morgan fingerprint density at radius 1 is 0.963 bits per heavy atom. The van der Waals surface area contributed by atoms with E-state index in [9.17, 15) is 20.4 Å². The first-order valence-corrected chi connectivity index (χ1v) is 9.16. The van der Waals surface area contributed by atoms with Crippen LogP contribution in [0.5, 0.6) is 5.75 Å². The van der Waals surface area contributed by atoms with E-state index in [2.05, 4.69) is 0 Å². The Labute approximate surface area is 162 Å². The molecule has 27 heavy (non-hydrogen) atoms. The second-order valence-corrected chi connectivity index (χ2v) is 6.93. The van der Waals surface area contributed by atoms with Crippen LogP contribution >= 0.6 is 11.6 Å². The zero-order chi connectivity index (χ0) is 19.6. The minimum Gasteiger partial charge on any atom is -0.494 e. The highest BCUT2D eigenvalue weighted by Gasteiger charge is 2.43. The number of benzene rings is 2. The number of halogens is 1. The summed E-state index contributed by atoms with van der Waals surface area (Å²) in [5.41, 5.74) is 2.39. The third kappa shape index (κ3) is 4.43. The summed E-state index contributed by atoms with van der Waals surface area (Å²) in [5.74, 6) is 0.793. The predicted molar refractivity (Wildman–Crippen MR) is 99.7 cm³/mol. The summed E-state index contributed by atoms with van der Waals surface area (Å²) in [7, 11) is 0. The zero-order valence-electron chi connectivity index (χ0n) is 14.8. The van der Waals surface area contributed by atoms with Crippen LogP contribution in [-0.2, 0) is 11.2 Å². The molecule has 0 radical (unpaired) electrons. The lowest BCUT2D eigenvalue weighted by Crippen LogP contribution is -2.54. The first-order valence-electron chi connectivity index (χ1n) is 8.78. The predicted octanol–water partition coefficient (Wildman–Crippen LogP) is 1.80. The SMILES string of the molecule is CCOc1ccc(Cc2cc([C@@H]3OC(O)[C@@H](O)[C@H](O)[C@H]3O)ccc2Cl)cc1. The molecule has 0 amide bonds. The van der Waals surface area contributed by atoms with Crippen molar-refractivity contribution in [1.29, 1.82) is 0 Å². The molecule has 1 unspecified atom stereocenters.